The number of rotatable bonds is 2. The summed E-state index contributed by atoms with van der Waals surface area (Å²) < 4.78 is 5.07. The third-order valence-corrected chi connectivity index (χ3v) is 2.20. The first kappa shape index (κ1) is 11.0. The summed E-state index contributed by atoms with van der Waals surface area (Å²) in [5, 5.41) is 9.58. The van der Waals surface area contributed by atoms with Crippen molar-refractivity contribution in [2.75, 3.05) is 19.1 Å². The Morgan fingerprint density at radius 3 is 2.57 bits per heavy atom. The molecular weight excluding hydrogens is 223 g/mol. The second-order valence-electron chi connectivity index (χ2n) is 2.60. The number of methoxy groups -OCH3 is 1. The molecule has 0 heterocycles. The van der Waals surface area contributed by atoms with Gasteiger partial charge in [-0.25, -0.2) is 0 Å². The predicted octanol–water partition coefficient (Wildman–Crippen LogP) is 2.92. The summed E-state index contributed by atoms with van der Waals surface area (Å²) in [6.07, 6.45) is 1.95. The van der Waals surface area contributed by atoms with Crippen LogP contribution in [-0.4, -0.2) is 14.2 Å². The number of anilines is 1. The molecule has 0 aliphatic rings. The number of nitriles is 1. The first-order valence-electron chi connectivity index (χ1n) is 3.76. The molecule has 0 amide bonds. The fourth-order valence-corrected chi connectivity index (χ4v) is 1.61. The van der Waals surface area contributed by atoms with Crippen LogP contribution >= 0.6 is 23.2 Å². The van der Waals surface area contributed by atoms with E-state index in [1.54, 1.807) is 19.2 Å². The Kier molecular flexibility index (Phi) is 3.45. The van der Waals surface area contributed by atoms with Gasteiger partial charge in [0.25, 0.3) is 0 Å². The molecule has 1 aromatic rings. The van der Waals surface area contributed by atoms with Crippen LogP contribution in [-0.2, 0) is 0 Å². The molecule has 0 saturated heterocycles. The highest BCUT2D eigenvalue weighted by molar-refractivity contribution is 6.36. The van der Waals surface area contributed by atoms with Gasteiger partial charge in [0.05, 0.1) is 17.8 Å². The Balaban J connectivity index is 3.33. The minimum atomic E-state index is 0.386. The molecule has 0 N–H and O–H groups in total. The fourth-order valence-electron chi connectivity index (χ4n) is 1.05. The van der Waals surface area contributed by atoms with E-state index in [1.807, 2.05) is 6.19 Å². The van der Waals surface area contributed by atoms with Crippen LogP contribution < -0.4 is 9.64 Å². The summed E-state index contributed by atoms with van der Waals surface area (Å²) in [5.41, 5.74) is 0.549. The lowest BCUT2D eigenvalue weighted by atomic mass is 10.2. The Hall–Kier alpha value is -1.11. The van der Waals surface area contributed by atoms with Crippen molar-refractivity contribution in [3.05, 3.63) is 22.2 Å². The molecule has 0 spiro atoms. The van der Waals surface area contributed by atoms with Gasteiger partial charge in [-0.15, -0.1) is 0 Å². The second-order valence-corrected chi connectivity index (χ2v) is 3.44. The molecule has 3 nitrogen and oxygen atoms in total. The molecule has 74 valence electrons. The van der Waals surface area contributed by atoms with Crippen LogP contribution in [0.1, 0.15) is 0 Å². The van der Waals surface area contributed by atoms with Crippen molar-refractivity contribution in [2.45, 2.75) is 0 Å². The summed E-state index contributed by atoms with van der Waals surface area (Å²) in [6, 6.07) is 3.19. The van der Waals surface area contributed by atoms with Gasteiger partial charge >= 0.3 is 0 Å². The summed E-state index contributed by atoms with van der Waals surface area (Å²) in [7, 11) is 3.09. The van der Waals surface area contributed by atoms with Gasteiger partial charge in [-0.2, -0.15) is 5.26 Å². The molecule has 0 fully saturated rings. The molecule has 0 atom stereocenters. The van der Waals surface area contributed by atoms with Crippen LogP contribution in [0.4, 0.5) is 5.69 Å². The molecule has 0 unspecified atom stereocenters. The maximum Gasteiger partial charge on any atom is 0.184 e. The van der Waals surface area contributed by atoms with Gasteiger partial charge in [-0.05, 0) is 12.1 Å². The molecule has 0 radical (unpaired) electrons. The van der Waals surface area contributed by atoms with Crippen LogP contribution in [0.2, 0.25) is 10.0 Å². The van der Waals surface area contributed by atoms with Crippen LogP contribution in [0.15, 0.2) is 12.1 Å². The highest BCUT2D eigenvalue weighted by Gasteiger charge is 2.12. The van der Waals surface area contributed by atoms with Crippen molar-refractivity contribution in [2.24, 2.45) is 0 Å². The zero-order valence-corrected chi connectivity index (χ0v) is 9.23. The molecule has 0 bridgehead atoms. The Morgan fingerprint density at radius 1 is 1.43 bits per heavy atom. The second kappa shape index (κ2) is 4.41. The van der Waals surface area contributed by atoms with Crippen molar-refractivity contribution in [3.8, 4) is 11.9 Å². The van der Waals surface area contributed by atoms with E-state index >= 15 is 0 Å². The molecule has 5 heteroatoms. The smallest absolute Gasteiger partial charge is 0.184 e. The SMILES string of the molecule is COc1c(Cl)cc(Cl)cc1N(C)C#N. The van der Waals surface area contributed by atoms with Gasteiger partial charge in [0.15, 0.2) is 11.9 Å². The number of ether oxygens (including phenoxy) is 1. The lowest BCUT2D eigenvalue weighted by Gasteiger charge is -2.15. The lowest BCUT2D eigenvalue weighted by Crippen LogP contribution is -2.09. The zero-order chi connectivity index (χ0) is 10.7. The molecule has 0 aliphatic carbocycles. The van der Waals surface area contributed by atoms with E-state index in [0.717, 1.165) is 0 Å². The van der Waals surface area contributed by atoms with Crippen molar-refractivity contribution in [3.63, 3.8) is 0 Å². The molecule has 0 aliphatic heterocycles. The maximum atomic E-state index is 8.72. The van der Waals surface area contributed by atoms with Crippen molar-refractivity contribution in [1.82, 2.24) is 0 Å². The van der Waals surface area contributed by atoms with E-state index in [-0.39, 0.29) is 0 Å². The average Bonchev–Trinajstić information content (AvgIpc) is 2.15. The number of halogens is 2. The molecule has 0 aromatic heterocycles. The molecule has 1 rings (SSSR count). The maximum absolute atomic E-state index is 8.72. The minimum absolute atomic E-state index is 0.386. The number of hydrogen-bond donors (Lipinski definition) is 0. The van der Waals surface area contributed by atoms with E-state index in [2.05, 4.69) is 0 Å². The van der Waals surface area contributed by atoms with Crippen molar-refractivity contribution in [1.29, 1.82) is 5.26 Å². The van der Waals surface area contributed by atoms with Crippen LogP contribution in [0, 0.1) is 11.5 Å². The number of benzene rings is 1. The van der Waals surface area contributed by atoms with Crippen molar-refractivity contribution >= 4 is 28.9 Å². The highest BCUT2D eigenvalue weighted by atomic mass is 35.5. The summed E-state index contributed by atoms with van der Waals surface area (Å²) in [6.45, 7) is 0. The summed E-state index contributed by atoms with van der Waals surface area (Å²) in [5.74, 6) is 0.445. The van der Waals surface area contributed by atoms with Crippen molar-refractivity contribution < 1.29 is 4.74 Å². The molecule has 0 saturated carbocycles. The van der Waals surface area contributed by atoms with Gasteiger partial charge in [0.1, 0.15) is 0 Å². The van der Waals surface area contributed by atoms with E-state index in [4.69, 9.17) is 33.2 Å². The van der Waals surface area contributed by atoms with Gasteiger partial charge in [0, 0.05) is 12.1 Å². The highest BCUT2D eigenvalue weighted by Crippen LogP contribution is 2.37. The third kappa shape index (κ3) is 2.03. The molecular formula is C9H8Cl2N2O. The minimum Gasteiger partial charge on any atom is -0.493 e. The van der Waals surface area contributed by atoms with Crippen LogP contribution in [0.5, 0.6) is 5.75 Å². The Bertz CT molecular complexity index is 387. The molecule has 1 aromatic carbocycles. The van der Waals surface area contributed by atoms with Crippen LogP contribution in [0.25, 0.3) is 0 Å². The van der Waals surface area contributed by atoms with Crippen LogP contribution in [0.3, 0.4) is 0 Å². The number of nitrogens with zero attached hydrogens (tertiary/aromatic N) is 2. The number of hydrogen-bond acceptors (Lipinski definition) is 3. The topological polar surface area (TPSA) is 36.3 Å². The summed E-state index contributed by atoms with van der Waals surface area (Å²) in [4.78, 5) is 1.33. The van der Waals surface area contributed by atoms with Gasteiger partial charge in [-0.3, -0.25) is 4.90 Å². The van der Waals surface area contributed by atoms with E-state index < -0.39 is 0 Å². The normalized spacial score (nSPS) is 9.36. The van der Waals surface area contributed by atoms with E-state index in [0.29, 0.717) is 21.5 Å². The van der Waals surface area contributed by atoms with E-state index in [9.17, 15) is 0 Å². The first-order chi connectivity index (χ1) is 6.60. The van der Waals surface area contributed by atoms with Gasteiger partial charge in [-0.1, -0.05) is 23.2 Å². The first-order valence-corrected chi connectivity index (χ1v) is 4.52. The zero-order valence-electron chi connectivity index (χ0n) is 7.71. The largest absolute Gasteiger partial charge is 0.493 e. The van der Waals surface area contributed by atoms with Gasteiger partial charge < -0.3 is 4.74 Å². The monoisotopic (exact) mass is 230 g/mol. The van der Waals surface area contributed by atoms with E-state index in [1.165, 1.54) is 12.0 Å². The quantitative estimate of drug-likeness (QED) is 0.579. The predicted molar refractivity (Wildman–Crippen MR) is 57.0 cm³/mol. The molecule has 14 heavy (non-hydrogen) atoms. The summed E-state index contributed by atoms with van der Waals surface area (Å²) >= 11 is 11.7. The Labute approximate surface area is 92.4 Å². The third-order valence-electron chi connectivity index (χ3n) is 1.70. The standard InChI is InChI=1S/C9H8Cl2N2O/c1-13(5-12)8-4-6(10)3-7(11)9(8)14-2/h3-4H,1-2H3. The Morgan fingerprint density at radius 2 is 2.07 bits per heavy atom. The van der Waals surface area contributed by atoms with Gasteiger partial charge in [0.2, 0.25) is 0 Å². The average molecular weight is 231 g/mol. The lowest BCUT2D eigenvalue weighted by molar-refractivity contribution is 0.416. The fraction of sp³-hybridized carbons (Fsp3) is 0.222.